The summed E-state index contributed by atoms with van der Waals surface area (Å²) >= 11 is 0. The second-order valence-electron chi connectivity index (χ2n) is 4.58. The maximum Gasteiger partial charge on any atom is 0.240 e. The third-order valence-corrected chi connectivity index (χ3v) is 3.16. The van der Waals surface area contributed by atoms with E-state index >= 15 is 0 Å². The SMILES string of the molecule is COC1CCCC(Oc2cc(C)nc(NN)n2)C1. The number of anilines is 1. The number of ether oxygens (including phenoxy) is 2. The number of hydrazine groups is 1. The fourth-order valence-electron chi connectivity index (χ4n) is 2.26. The van der Waals surface area contributed by atoms with Crippen LogP contribution in [0.4, 0.5) is 5.95 Å². The number of nitrogens with two attached hydrogens (primary N) is 1. The van der Waals surface area contributed by atoms with E-state index in [-0.39, 0.29) is 6.10 Å². The lowest BCUT2D eigenvalue weighted by Gasteiger charge is -2.28. The molecule has 0 bridgehead atoms. The van der Waals surface area contributed by atoms with Crippen LogP contribution in [0.1, 0.15) is 31.4 Å². The van der Waals surface area contributed by atoms with Crippen molar-refractivity contribution in [3.8, 4) is 5.88 Å². The van der Waals surface area contributed by atoms with E-state index in [1.807, 2.05) is 13.0 Å². The molecule has 3 N–H and O–H groups in total. The lowest BCUT2D eigenvalue weighted by atomic mass is 9.95. The largest absolute Gasteiger partial charge is 0.474 e. The molecule has 0 amide bonds. The van der Waals surface area contributed by atoms with Gasteiger partial charge in [-0.1, -0.05) is 0 Å². The van der Waals surface area contributed by atoms with E-state index in [4.69, 9.17) is 15.3 Å². The van der Waals surface area contributed by atoms with Gasteiger partial charge in [-0.25, -0.2) is 10.8 Å². The fraction of sp³-hybridized carbons (Fsp3) is 0.667. The van der Waals surface area contributed by atoms with Crippen molar-refractivity contribution in [1.29, 1.82) is 0 Å². The van der Waals surface area contributed by atoms with Gasteiger partial charge in [0.05, 0.1) is 6.10 Å². The highest BCUT2D eigenvalue weighted by Gasteiger charge is 2.23. The van der Waals surface area contributed by atoms with Crippen LogP contribution in [-0.2, 0) is 4.74 Å². The highest BCUT2D eigenvalue weighted by molar-refractivity contribution is 5.29. The Morgan fingerprint density at radius 3 is 2.83 bits per heavy atom. The summed E-state index contributed by atoms with van der Waals surface area (Å²) in [6, 6.07) is 1.82. The molecule has 6 heteroatoms. The quantitative estimate of drug-likeness (QED) is 0.622. The Balaban J connectivity index is 2.02. The lowest BCUT2D eigenvalue weighted by Crippen LogP contribution is -2.29. The molecule has 0 radical (unpaired) electrons. The van der Waals surface area contributed by atoms with Crippen LogP contribution in [0.3, 0.4) is 0 Å². The van der Waals surface area contributed by atoms with Gasteiger partial charge in [-0.3, -0.25) is 5.43 Å². The Kier molecular flexibility index (Phi) is 4.33. The molecule has 0 saturated heterocycles. The van der Waals surface area contributed by atoms with E-state index < -0.39 is 0 Å². The second-order valence-corrected chi connectivity index (χ2v) is 4.58. The summed E-state index contributed by atoms with van der Waals surface area (Å²) in [5, 5.41) is 0. The fourth-order valence-corrected chi connectivity index (χ4v) is 2.26. The topological polar surface area (TPSA) is 82.3 Å². The molecule has 0 aromatic carbocycles. The zero-order chi connectivity index (χ0) is 13.0. The minimum Gasteiger partial charge on any atom is -0.474 e. The zero-order valence-corrected chi connectivity index (χ0v) is 10.8. The molecule has 6 nitrogen and oxygen atoms in total. The number of hydrogen-bond acceptors (Lipinski definition) is 6. The van der Waals surface area contributed by atoms with Crippen LogP contribution in [0.15, 0.2) is 6.07 Å². The first kappa shape index (κ1) is 13.0. The smallest absolute Gasteiger partial charge is 0.240 e. The number of methoxy groups -OCH3 is 1. The molecular weight excluding hydrogens is 232 g/mol. The van der Waals surface area contributed by atoms with Crippen molar-refractivity contribution in [3.63, 3.8) is 0 Å². The average molecular weight is 252 g/mol. The standard InChI is InChI=1S/C12H20N4O2/c1-8-6-11(15-12(14-8)16-13)18-10-5-3-4-9(7-10)17-2/h6,9-10H,3-5,7,13H2,1-2H3,(H,14,15,16). The van der Waals surface area contributed by atoms with Gasteiger partial charge in [0.2, 0.25) is 11.8 Å². The highest BCUT2D eigenvalue weighted by atomic mass is 16.5. The molecule has 1 fully saturated rings. The summed E-state index contributed by atoms with van der Waals surface area (Å²) in [6.07, 6.45) is 4.62. The molecule has 2 unspecified atom stereocenters. The Morgan fingerprint density at radius 2 is 2.11 bits per heavy atom. The number of rotatable bonds is 4. The number of aryl methyl sites for hydroxylation is 1. The first-order chi connectivity index (χ1) is 8.71. The van der Waals surface area contributed by atoms with Crippen LogP contribution in [0.2, 0.25) is 0 Å². The number of hydrogen-bond donors (Lipinski definition) is 2. The van der Waals surface area contributed by atoms with Gasteiger partial charge in [-0.15, -0.1) is 0 Å². The zero-order valence-electron chi connectivity index (χ0n) is 10.8. The summed E-state index contributed by atoms with van der Waals surface area (Å²) in [6.45, 7) is 1.88. The molecule has 1 aromatic rings. The van der Waals surface area contributed by atoms with Crippen LogP contribution in [0.5, 0.6) is 5.88 Å². The van der Waals surface area contributed by atoms with Gasteiger partial charge in [0.1, 0.15) is 6.10 Å². The molecule has 2 atom stereocenters. The van der Waals surface area contributed by atoms with Crippen LogP contribution < -0.4 is 16.0 Å². The molecule has 1 aliphatic carbocycles. The van der Waals surface area contributed by atoms with Crippen molar-refractivity contribution in [3.05, 3.63) is 11.8 Å². The Bertz CT molecular complexity index is 400. The Hall–Kier alpha value is -1.40. The van der Waals surface area contributed by atoms with Gasteiger partial charge >= 0.3 is 0 Å². The molecule has 0 spiro atoms. The van der Waals surface area contributed by atoms with Crippen molar-refractivity contribution in [1.82, 2.24) is 9.97 Å². The Morgan fingerprint density at radius 1 is 1.33 bits per heavy atom. The number of nitrogens with one attached hydrogen (secondary N) is 1. The van der Waals surface area contributed by atoms with Crippen LogP contribution in [0, 0.1) is 6.92 Å². The molecule has 0 aliphatic heterocycles. The molecule has 1 aromatic heterocycles. The summed E-state index contributed by atoms with van der Waals surface area (Å²) in [4.78, 5) is 8.31. The van der Waals surface area contributed by atoms with E-state index in [2.05, 4.69) is 15.4 Å². The third-order valence-electron chi connectivity index (χ3n) is 3.16. The number of aromatic nitrogens is 2. The van der Waals surface area contributed by atoms with Crippen molar-refractivity contribution in [2.75, 3.05) is 12.5 Å². The predicted molar refractivity (Wildman–Crippen MR) is 68.3 cm³/mol. The molecular formula is C12H20N4O2. The summed E-state index contributed by atoms with van der Waals surface area (Å²) < 4.78 is 11.3. The first-order valence-electron chi connectivity index (χ1n) is 6.23. The maximum absolute atomic E-state index is 5.88. The predicted octanol–water partition coefficient (Wildman–Crippen LogP) is 1.41. The van der Waals surface area contributed by atoms with Crippen LogP contribution in [0.25, 0.3) is 0 Å². The summed E-state index contributed by atoms with van der Waals surface area (Å²) in [5.41, 5.74) is 3.26. The summed E-state index contributed by atoms with van der Waals surface area (Å²) in [5.74, 6) is 6.26. The van der Waals surface area contributed by atoms with Crippen molar-refractivity contribution < 1.29 is 9.47 Å². The van der Waals surface area contributed by atoms with Gasteiger partial charge in [-0.2, -0.15) is 4.98 Å². The second kappa shape index (κ2) is 5.97. The molecule has 100 valence electrons. The van der Waals surface area contributed by atoms with E-state index in [0.717, 1.165) is 31.4 Å². The van der Waals surface area contributed by atoms with E-state index in [1.165, 1.54) is 0 Å². The van der Waals surface area contributed by atoms with Gasteiger partial charge < -0.3 is 9.47 Å². The van der Waals surface area contributed by atoms with Crippen molar-refractivity contribution in [2.24, 2.45) is 5.84 Å². The van der Waals surface area contributed by atoms with Crippen LogP contribution in [-0.4, -0.2) is 29.3 Å². The molecule has 1 heterocycles. The minimum absolute atomic E-state index is 0.156. The monoisotopic (exact) mass is 252 g/mol. The molecule has 2 rings (SSSR count). The molecule has 18 heavy (non-hydrogen) atoms. The molecule has 1 saturated carbocycles. The van der Waals surface area contributed by atoms with E-state index in [0.29, 0.717) is 17.9 Å². The van der Waals surface area contributed by atoms with Gasteiger partial charge in [-0.05, 0) is 26.2 Å². The van der Waals surface area contributed by atoms with Crippen molar-refractivity contribution >= 4 is 5.95 Å². The normalized spacial score (nSPS) is 23.7. The number of nitrogens with zero attached hydrogens (tertiary/aromatic N) is 2. The minimum atomic E-state index is 0.156. The summed E-state index contributed by atoms with van der Waals surface area (Å²) in [7, 11) is 1.75. The first-order valence-corrected chi connectivity index (χ1v) is 6.23. The van der Waals surface area contributed by atoms with E-state index in [9.17, 15) is 0 Å². The highest BCUT2D eigenvalue weighted by Crippen LogP contribution is 2.25. The van der Waals surface area contributed by atoms with Crippen LogP contribution >= 0.6 is 0 Å². The van der Waals surface area contributed by atoms with Gasteiger partial charge in [0, 0.05) is 25.3 Å². The van der Waals surface area contributed by atoms with Gasteiger partial charge in [0.25, 0.3) is 0 Å². The lowest BCUT2D eigenvalue weighted by molar-refractivity contribution is 0.0195. The maximum atomic E-state index is 5.88. The average Bonchev–Trinajstić information content (AvgIpc) is 2.38. The van der Waals surface area contributed by atoms with Crippen molar-refractivity contribution in [2.45, 2.75) is 44.8 Å². The van der Waals surface area contributed by atoms with E-state index in [1.54, 1.807) is 7.11 Å². The third kappa shape index (κ3) is 3.30. The number of nitrogen functional groups attached to an aromatic ring is 1. The molecule has 1 aliphatic rings. The van der Waals surface area contributed by atoms with Gasteiger partial charge in [0.15, 0.2) is 0 Å². The Labute approximate surface area is 107 Å².